The van der Waals surface area contributed by atoms with Crippen LogP contribution in [0.4, 0.5) is 5.69 Å². The Kier molecular flexibility index (Phi) is 3.06. The fraction of sp³-hybridized carbons (Fsp3) is 0.250. The Labute approximate surface area is 98.4 Å². The number of amides is 2. The topological polar surface area (TPSA) is 82.0 Å². The molecule has 2 rings (SSSR count). The van der Waals surface area contributed by atoms with Crippen LogP contribution in [0, 0.1) is 11.3 Å². The van der Waals surface area contributed by atoms with Crippen molar-refractivity contribution >= 4 is 17.5 Å². The van der Waals surface area contributed by atoms with E-state index in [4.69, 9.17) is 5.26 Å². The zero-order chi connectivity index (χ0) is 12.3. The summed E-state index contributed by atoms with van der Waals surface area (Å²) in [4.78, 5) is 22.5. The Morgan fingerprint density at radius 3 is 3.12 bits per heavy atom. The van der Waals surface area contributed by atoms with E-state index in [9.17, 15) is 9.59 Å². The number of carbonyl (C=O) groups excluding carboxylic acids is 2. The first-order valence-corrected chi connectivity index (χ1v) is 5.24. The van der Waals surface area contributed by atoms with Gasteiger partial charge in [-0.25, -0.2) is 0 Å². The minimum atomic E-state index is -0.191. The van der Waals surface area contributed by atoms with Crippen molar-refractivity contribution in [2.45, 2.75) is 12.8 Å². The predicted octanol–water partition coefficient (Wildman–Crippen LogP) is 0.363. The second-order valence-electron chi connectivity index (χ2n) is 3.83. The van der Waals surface area contributed by atoms with Gasteiger partial charge in [-0.2, -0.15) is 5.26 Å². The van der Waals surface area contributed by atoms with E-state index >= 15 is 0 Å². The molecule has 2 amide bonds. The number of hydrogen-bond donors (Lipinski definition) is 2. The summed E-state index contributed by atoms with van der Waals surface area (Å²) in [5, 5.41) is 13.5. The Morgan fingerprint density at radius 2 is 2.35 bits per heavy atom. The summed E-state index contributed by atoms with van der Waals surface area (Å²) in [6.45, 7) is 0.0177. The zero-order valence-corrected chi connectivity index (χ0v) is 9.12. The summed E-state index contributed by atoms with van der Waals surface area (Å²) in [6.07, 6.45) is 0.589. The molecule has 17 heavy (non-hydrogen) atoms. The Balaban J connectivity index is 2.04. The van der Waals surface area contributed by atoms with Crippen molar-refractivity contribution in [3.05, 3.63) is 29.3 Å². The van der Waals surface area contributed by atoms with Gasteiger partial charge in [0.05, 0.1) is 18.9 Å². The van der Waals surface area contributed by atoms with E-state index in [1.165, 1.54) is 0 Å². The molecule has 2 N–H and O–H groups in total. The van der Waals surface area contributed by atoms with Crippen molar-refractivity contribution in [1.82, 2.24) is 5.32 Å². The summed E-state index contributed by atoms with van der Waals surface area (Å²) in [5.41, 5.74) is 2.58. The molecule has 5 nitrogen and oxygen atoms in total. The Bertz CT molecular complexity index is 517. The summed E-state index contributed by atoms with van der Waals surface area (Å²) < 4.78 is 0. The van der Waals surface area contributed by atoms with Gasteiger partial charge < -0.3 is 10.6 Å². The average Bonchev–Trinajstić information content (AvgIpc) is 2.65. The molecule has 0 bridgehead atoms. The van der Waals surface area contributed by atoms with Gasteiger partial charge in [-0.05, 0) is 17.2 Å². The lowest BCUT2D eigenvalue weighted by Crippen LogP contribution is -2.25. The SMILES string of the molecule is N#CCNC(=O)Cc1ccc2c(c1)CC(=O)N2. The fourth-order valence-corrected chi connectivity index (χ4v) is 1.78. The van der Waals surface area contributed by atoms with E-state index in [2.05, 4.69) is 10.6 Å². The maximum absolute atomic E-state index is 11.4. The first kappa shape index (κ1) is 11.1. The van der Waals surface area contributed by atoms with Gasteiger partial charge in [0.15, 0.2) is 0 Å². The van der Waals surface area contributed by atoms with Crippen LogP contribution in [0.25, 0.3) is 0 Å². The largest absolute Gasteiger partial charge is 0.343 e. The van der Waals surface area contributed by atoms with Gasteiger partial charge >= 0.3 is 0 Å². The predicted molar refractivity (Wildman–Crippen MR) is 61.1 cm³/mol. The maximum atomic E-state index is 11.4. The van der Waals surface area contributed by atoms with Gasteiger partial charge in [0.2, 0.25) is 11.8 Å². The molecule has 0 unspecified atom stereocenters. The number of carbonyl (C=O) groups is 2. The summed E-state index contributed by atoms with van der Waals surface area (Å²) in [7, 11) is 0. The van der Waals surface area contributed by atoms with E-state index in [0.29, 0.717) is 6.42 Å². The van der Waals surface area contributed by atoms with Crippen molar-refractivity contribution in [1.29, 1.82) is 5.26 Å². The molecule has 1 aromatic rings. The van der Waals surface area contributed by atoms with Crippen LogP contribution in [0.3, 0.4) is 0 Å². The lowest BCUT2D eigenvalue weighted by atomic mass is 10.1. The zero-order valence-electron chi connectivity index (χ0n) is 9.12. The minimum Gasteiger partial charge on any atom is -0.343 e. The molecule has 0 aromatic heterocycles. The molecule has 5 heteroatoms. The third-order valence-electron chi connectivity index (χ3n) is 2.52. The normalized spacial score (nSPS) is 12.5. The molecule has 0 atom stereocenters. The molecule has 0 aliphatic carbocycles. The van der Waals surface area contributed by atoms with E-state index in [1.807, 2.05) is 12.1 Å². The molecule has 86 valence electrons. The lowest BCUT2D eigenvalue weighted by molar-refractivity contribution is -0.120. The quantitative estimate of drug-likeness (QED) is 0.734. The van der Waals surface area contributed by atoms with Crippen LogP contribution >= 0.6 is 0 Å². The number of anilines is 1. The number of nitrogens with one attached hydrogen (secondary N) is 2. The molecular weight excluding hydrogens is 218 g/mol. The highest BCUT2D eigenvalue weighted by molar-refractivity contribution is 5.99. The summed E-state index contributed by atoms with van der Waals surface area (Å²) in [6, 6.07) is 7.29. The molecule has 1 aliphatic heterocycles. The highest BCUT2D eigenvalue weighted by atomic mass is 16.2. The number of nitrogens with zero attached hydrogens (tertiary/aromatic N) is 1. The monoisotopic (exact) mass is 229 g/mol. The number of benzene rings is 1. The Hall–Kier alpha value is -2.35. The first-order valence-electron chi connectivity index (χ1n) is 5.24. The molecule has 1 aliphatic rings. The molecule has 0 spiro atoms. The number of nitriles is 1. The standard InChI is InChI=1S/C12H11N3O2/c13-3-4-14-11(16)6-8-1-2-10-9(5-8)7-12(17)15-10/h1-2,5H,4,6-7H2,(H,14,16)(H,15,17). The molecule has 1 aromatic carbocycles. The molecule has 0 saturated heterocycles. The molecule has 0 radical (unpaired) electrons. The van der Waals surface area contributed by atoms with Crippen LogP contribution in [-0.4, -0.2) is 18.4 Å². The highest BCUT2D eigenvalue weighted by Gasteiger charge is 2.17. The van der Waals surface area contributed by atoms with E-state index in [-0.39, 0.29) is 24.8 Å². The van der Waals surface area contributed by atoms with Crippen LogP contribution < -0.4 is 10.6 Å². The smallest absolute Gasteiger partial charge is 0.228 e. The van der Waals surface area contributed by atoms with Crippen molar-refractivity contribution in [3.8, 4) is 6.07 Å². The number of rotatable bonds is 3. The van der Waals surface area contributed by atoms with Gasteiger partial charge in [-0.3, -0.25) is 9.59 Å². The van der Waals surface area contributed by atoms with Gasteiger partial charge in [-0.1, -0.05) is 12.1 Å². The maximum Gasteiger partial charge on any atom is 0.228 e. The lowest BCUT2D eigenvalue weighted by Gasteiger charge is -2.04. The fourth-order valence-electron chi connectivity index (χ4n) is 1.78. The summed E-state index contributed by atoms with van der Waals surface area (Å²) in [5.74, 6) is -0.213. The van der Waals surface area contributed by atoms with Crippen molar-refractivity contribution in [2.75, 3.05) is 11.9 Å². The van der Waals surface area contributed by atoms with E-state index in [1.54, 1.807) is 12.1 Å². The van der Waals surface area contributed by atoms with Crippen molar-refractivity contribution in [2.24, 2.45) is 0 Å². The number of fused-ring (bicyclic) bond motifs is 1. The third kappa shape index (κ3) is 2.61. The Morgan fingerprint density at radius 1 is 1.53 bits per heavy atom. The highest BCUT2D eigenvalue weighted by Crippen LogP contribution is 2.23. The third-order valence-corrected chi connectivity index (χ3v) is 2.52. The molecule has 0 fully saturated rings. The van der Waals surface area contributed by atoms with E-state index in [0.717, 1.165) is 16.8 Å². The van der Waals surface area contributed by atoms with Crippen LogP contribution in [0.15, 0.2) is 18.2 Å². The van der Waals surface area contributed by atoms with E-state index < -0.39 is 0 Å². The molecule has 0 saturated carbocycles. The summed E-state index contributed by atoms with van der Waals surface area (Å²) >= 11 is 0. The van der Waals surface area contributed by atoms with Gasteiger partial charge in [0.1, 0.15) is 6.54 Å². The molecule has 1 heterocycles. The molecular formula is C12H11N3O2. The van der Waals surface area contributed by atoms with Crippen LogP contribution in [-0.2, 0) is 22.4 Å². The van der Waals surface area contributed by atoms with Gasteiger partial charge in [-0.15, -0.1) is 0 Å². The van der Waals surface area contributed by atoms with Crippen LogP contribution in [0.2, 0.25) is 0 Å². The minimum absolute atomic E-state index is 0.0177. The second kappa shape index (κ2) is 4.66. The average molecular weight is 229 g/mol. The van der Waals surface area contributed by atoms with Gasteiger partial charge in [0.25, 0.3) is 0 Å². The second-order valence-corrected chi connectivity index (χ2v) is 3.83. The van der Waals surface area contributed by atoms with Crippen molar-refractivity contribution < 1.29 is 9.59 Å². The van der Waals surface area contributed by atoms with Gasteiger partial charge in [0, 0.05) is 5.69 Å². The number of hydrogen-bond acceptors (Lipinski definition) is 3. The van der Waals surface area contributed by atoms with Crippen LogP contribution in [0.5, 0.6) is 0 Å². The van der Waals surface area contributed by atoms with Crippen LogP contribution in [0.1, 0.15) is 11.1 Å². The van der Waals surface area contributed by atoms with Crippen molar-refractivity contribution in [3.63, 3.8) is 0 Å². The first-order chi connectivity index (χ1) is 8.19.